The number of urea groups is 1. The Morgan fingerprint density at radius 3 is 2.84 bits per heavy atom. The van der Waals surface area contributed by atoms with E-state index in [1.54, 1.807) is 17.0 Å². The Morgan fingerprint density at radius 1 is 1.36 bits per heavy atom. The average molecular weight is 370 g/mol. The molecule has 8 heteroatoms. The summed E-state index contributed by atoms with van der Waals surface area (Å²) in [6, 6.07) is 5.43. The van der Waals surface area contributed by atoms with E-state index in [1.165, 1.54) is 12.1 Å². The van der Waals surface area contributed by atoms with Crippen LogP contribution in [0, 0.1) is 5.82 Å². The first-order valence-corrected chi connectivity index (χ1v) is 10.4. The molecule has 3 rings (SSSR count). The second-order valence-electron chi connectivity index (χ2n) is 6.69. The van der Waals surface area contributed by atoms with E-state index in [9.17, 15) is 17.6 Å². The smallest absolute Gasteiger partial charge is 0.318 e. The van der Waals surface area contributed by atoms with Crippen LogP contribution in [0.2, 0.25) is 0 Å². The molecule has 2 fully saturated rings. The third-order valence-electron chi connectivity index (χ3n) is 4.56. The van der Waals surface area contributed by atoms with Gasteiger partial charge in [-0.15, -0.1) is 0 Å². The van der Waals surface area contributed by atoms with Crippen molar-refractivity contribution in [1.29, 1.82) is 0 Å². The Hall–Kier alpha value is -1.67. The van der Waals surface area contributed by atoms with Gasteiger partial charge < -0.3 is 15.0 Å². The van der Waals surface area contributed by atoms with Crippen LogP contribution in [-0.2, 0) is 21.1 Å². The molecule has 2 saturated heterocycles. The molecule has 2 aliphatic rings. The van der Waals surface area contributed by atoms with Gasteiger partial charge in [0.15, 0.2) is 9.84 Å². The third-order valence-corrected chi connectivity index (χ3v) is 6.33. The molecule has 0 aromatic heterocycles. The predicted octanol–water partition coefficient (Wildman–Crippen LogP) is 1.70. The highest BCUT2D eigenvalue weighted by atomic mass is 32.2. The van der Waals surface area contributed by atoms with Crippen LogP contribution < -0.4 is 5.32 Å². The number of carbonyl (C=O) groups excluding carboxylic acids is 1. The first-order chi connectivity index (χ1) is 11.9. The quantitative estimate of drug-likeness (QED) is 0.856. The van der Waals surface area contributed by atoms with Crippen LogP contribution in [0.15, 0.2) is 24.3 Å². The van der Waals surface area contributed by atoms with Gasteiger partial charge >= 0.3 is 6.03 Å². The monoisotopic (exact) mass is 370 g/mol. The number of carbonyl (C=O) groups is 1. The zero-order valence-corrected chi connectivity index (χ0v) is 14.8. The summed E-state index contributed by atoms with van der Waals surface area (Å²) in [6.45, 7) is 1.34. The van der Waals surface area contributed by atoms with Gasteiger partial charge in [-0.3, -0.25) is 0 Å². The van der Waals surface area contributed by atoms with Crippen LogP contribution in [0.5, 0.6) is 0 Å². The Labute approximate surface area is 147 Å². The summed E-state index contributed by atoms with van der Waals surface area (Å²) in [5, 5.41) is 2.80. The number of halogens is 1. The maximum absolute atomic E-state index is 13.4. The zero-order valence-electron chi connectivity index (χ0n) is 14.0. The molecule has 2 heterocycles. The lowest BCUT2D eigenvalue weighted by Gasteiger charge is -2.27. The largest absolute Gasteiger partial charge is 0.376 e. The first-order valence-electron chi connectivity index (χ1n) is 8.53. The molecule has 0 radical (unpaired) electrons. The molecule has 2 amide bonds. The third kappa shape index (κ3) is 5.15. The van der Waals surface area contributed by atoms with E-state index in [4.69, 9.17) is 4.74 Å². The second kappa shape index (κ2) is 7.70. The summed E-state index contributed by atoms with van der Waals surface area (Å²) < 4.78 is 42.2. The maximum atomic E-state index is 13.4. The Morgan fingerprint density at radius 2 is 2.20 bits per heavy atom. The van der Waals surface area contributed by atoms with E-state index in [0.29, 0.717) is 25.1 Å². The van der Waals surface area contributed by atoms with Gasteiger partial charge in [0.25, 0.3) is 0 Å². The lowest BCUT2D eigenvalue weighted by Crippen LogP contribution is -2.47. The lowest BCUT2D eigenvalue weighted by molar-refractivity contribution is 0.0790. The highest BCUT2D eigenvalue weighted by Crippen LogP contribution is 2.17. The first kappa shape index (κ1) is 18.1. The van der Waals surface area contributed by atoms with Gasteiger partial charge in [0.05, 0.1) is 17.6 Å². The number of hydrogen-bond donors (Lipinski definition) is 1. The number of nitrogens with zero attached hydrogens (tertiary/aromatic N) is 1. The number of nitrogens with one attached hydrogen (secondary N) is 1. The molecule has 0 unspecified atom stereocenters. The minimum atomic E-state index is -3.06. The van der Waals surface area contributed by atoms with Crippen LogP contribution in [0.4, 0.5) is 9.18 Å². The molecule has 1 N–H and O–H groups in total. The summed E-state index contributed by atoms with van der Waals surface area (Å²) in [4.78, 5) is 14.2. The molecule has 0 saturated carbocycles. The standard InChI is InChI=1S/C17H23FN2O4S/c18-14-4-1-3-13(9-14)10-20(11-16-5-2-7-24-16)17(21)19-15-6-8-25(22,23)12-15/h1,3-4,9,15-16H,2,5-8,10-12H2,(H,19,21)/t15-,16-/m1/s1. The number of ether oxygens (including phenoxy) is 1. The van der Waals surface area contributed by atoms with Gasteiger partial charge in [-0.2, -0.15) is 0 Å². The van der Waals surface area contributed by atoms with Crippen molar-refractivity contribution in [2.45, 2.75) is 38.0 Å². The van der Waals surface area contributed by atoms with Gasteiger partial charge in [-0.1, -0.05) is 12.1 Å². The van der Waals surface area contributed by atoms with E-state index in [2.05, 4.69) is 5.32 Å². The SMILES string of the molecule is O=C(N[C@@H]1CCS(=O)(=O)C1)N(Cc1cccc(F)c1)C[C@H]1CCCO1. The normalized spacial score (nSPS) is 25.0. The number of amides is 2. The fourth-order valence-electron chi connectivity index (χ4n) is 3.28. The summed E-state index contributed by atoms with van der Waals surface area (Å²) in [7, 11) is -3.06. The maximum Gasteiger partial charge on any atom is 0.318 e. The topological polar surface area (TPSA) is 75.7 Å². The number of sulfone groups is 1. The minimum Gasteiger partial charge on any atom is -0.376 e. The zero-order chi connectivity index (χ0) is 17.9. The Kier molecular flexibility index (Phi) is 5.58. The molecule has 2 aliphatic heterocycles. The highest BCUT2D eigenvalue weighted by Gasteiger charge is 2.31. The molecular formula is C17H23FN2O4S. The van der Waals surface area contributed by atoms with Crippen LogP contribution in [0.1, 0.15) is 24.8 Å². The second-order valence-corrected chi connectivity index (χ2v) is 8.92. The van der Waals surface area contributed by atoms with Crippen LogP contribution in [-0.4, -0.2) is 56.2 Å². The van der Waals surface area contributed by atoms with Crippen molar-refractivity contribution < 1.29 is 22.3 Å². The van der Waals surface area contributed by atoms with Crippen molar-refractivity contribution >= 4 is 15.9 Å². The van der Waals surface area contributed by atoms with Crippen molar-refractivity contribution in [3.05, 3.63) is 35.6 Å². The van der Waals surface area contributed by atoms with Crippen LogP contribution in [0.25, 0.3) is 0 Å². The van der Waals surface area contributed by atoms with Crippen molar-refractivity contribution in [3.8, 4) is 0 Å². The summed E-state index contributed by atoms with van der Waals surface area (Å²) in [5.41, 5.74) is 0.687. The van der Waals surface area contributed by atoms with E-state index < -0.39 is 9.84 Å². The van der Waals surface area contributed by atoms with Gasteiger partial charge in [-0.05, 0) is 37.0 Å². The van der Waals surface area contributed by atoms with Crippen molar-refractivity contribution in [3.63, 3.8) is 0 Å². The molecule has 0 bridgehead atoms. The lowest BCUT2D eigenvalue weighted by atomic mass is 10.2. The van der Waals surface area contributed by atoms with E-state index in [1.807, 2.05) is 0 Å². The molecular weight excluding hydrogens is 347 g/mol. The van der Waals surface area contributed by atoms with Gasteiger partial charge in [0.2, 0.25) is 0 Å². The van der Waals surface area contributed by atoms with Gasteiger partial charge in [0.1, 0.15) is 5.82 Å². The molecule has 0 spiro atoms. The summed E-state index contributed by atoms with van der Waals surface area (Å²) >= 11 is 0. The average Bonchev–Trinajstić information content (AvgIpc) is 3.16. The van der Waals surface area contributed by atoms with Crippen LogP contribution >= 0.6 is 0 Å². The molecule has 0 aliphatic carbocycles. The molecule has 6 nitrogen and oxygen atoms in total. The number of benzene rings is 1. The number of rotatable bonds is 5. The van der Waals surface area contributed by atoms with Gasteiger partial charge in [-0.25, -0.2) is 17.6 Å². The summed E-state index contributed by atoms with van der Waals surface area (Å²) in [5.74, 6) is -0.267. The van der Waals surface area contributed by atoms with E-state index in [0.717, 1.165) is 12.8 Å². The molecule has 2 atom stereocenters. The van der Waals surface area contributed by atoms with Gasteiger partial charge in [0, 0.05) is 25.7 Å². The highest BCUT2D eigenvalue weighted by molar-refractivity contribution is 7.91. The molecule has 1 aromatic carbocycles. The van der Waals surface area contributed by atoms with Crippen molar-refractivity contribution in [2.75, 3.05) is 24.7 Å². The molecule has 25 heavy (non-hydrogen) atoms. The van der Waals surface area contributed by atoms with Crippen molar-refractivity contribution in [2.24, 2.45) is 0 Å². The predicted molar refractivity (Wildman–Crippen MR) is 91.4 cm³/mol. The Bertz CT molecular complexity index is 719. The van der Waals surface area contributed by atoms with E-state index in [-0.39, 0.29) is 42.0 Å². The Balaban J connectivity index is 1.67. The number of hydrogen-bond acceptors (Lipinski definition) is 4. The van der Waals surface area contributed by atoms with Crippen LogP contribution in [0.3, 0.4) is 0 Å². The minimum absolute atomic E-state index is 0.0214. The van der Waals surface area contributed by atoms with Crippen molar-refractivity contribution in [1.82, 2.24) is 10.2 Å². The summed E-state index contributed by atoms with van der Waals surface area (Å²) in [6.07, 6.45) is 2.24. The van der Waals surface area contributed by atoms with E-state index >= 15 is 0 Å². The molecule has 1 aromatic rings. The fraction of sp³-hybridized carbons (Fsp3) is 0.588. The fourth-order valence-corrected chi connectivity index (χ4v) is 4.96. The molecule has 138 valence electrons.